The van der Waals surface area contributed by atoms with E-state index in [1.165, 1.54) is 5.56 Å². The number of carbonyl (C=O) groups excluding carboxylic acids is 1. The number of nitrogens with zero attached hydrogens (tertiary/aromatic N) is 2. The number of hydrogen-bond acceptors (Lipinski definition) is 4. The molecular formula is C17H22N2O2. The van der Waals surface area contributed by atoms with E-state index in [0.717, 1.165) is 12.8 Å². The summed E-state index contributed by atoms with van der Waals surface area (Å²) < 4.78 is 5.29. The first-order valence-electron chi connectivity index (χ1n) is 7.56. The monoisotopic (exact) mass is 286 g/mol. The van der Waals surface area contributed by atoms with Crippen molar-refractivity contribution >= 4 is 5.78 Å². The molecule has 0 amide bonds. The third-order valence-electron chi connectivity index (χ3n) is 4.17. The average Bonchev–Trinajstić information content (AvgIpc) is 2.99. The Bertz CT molecular complexity index is 586. The summed E-state index contributed by atoms with van der Waals surface area (Å²) in [4.78, 5) is 16.0. The average molecular weight is 286 g/mol. The number of Topliss-reactive ketones (excluding diaryl/α,β-unsaturated/α-hetero) is 1. The van der Waals surface area contributed by atoms with E-state index in [2.05, 4.69) is 36.1 Å². The van der Waals surface area contributed by atoms with Crippen LogP contribution in [0.3, 0.4) is 0 Å². The van der Waals surface area contributed by atoms with Crippen LogP contribution in [0.15, 0.2) is 34.9 Å². The van der Waals surface area contributed by atoms with E-state index in [-0.39, 0.29) is 17.6 Å². The fourth-order valence-corrected chi connectivity index (χ4v) is 2.68. The molecule has 21 heavy (non-hydrogen) atoms. The van der Waals surface area contributed by atoms with Gasteiger partial charge in [0.25, 0.3) is 0 Å². The van der Waals surface area contributed by atoms with Crippen LogP contribution in [0.2, 0.25) is 0 Å². The van der Waals surface area contributed by atoms with Crippen LogP contribution in [0.25, 0.3) is 0 Å². The molecule has 1 aromatic carbocycles. The number of ketones is 1. The molecule has 0 unspecified atom stereocenters. The first-order valence-corrected chi connectivity index (χ1v) is 7.56. The second kappa shape index (κ2) is 6.66. The normalized spacial score (nSPS) is 11.6. The molecule has 1 heterocycles. The maximum absolute atomic E-state index is 11.5. The summed E-state index contributed by atoms with van der Waals surface area (Å²) in [5, 5.41) is 4.16. The Hall–Kier alpha value is -1.97. The molecule has 4 nitrogen and oxygen atoms in total. The van der Waals surface area contributed by atoms with Crippen molar-refractivity contribution in [3.63, 3.8) is 0 Å². The molecule has 0 saturated heterocycles. The fourth-order valence-electron chi connectivity index (χ4n) is 2.68. The van der Waals surface area contributed by atoms with Crippen LogP contribution >= 0.6 is 0 Å². The Morgan fingerprint density at radius 3 is 2.38 bits per heavy atom. The van der Waals surface area contributed by atoms with Gasteiger partial charge in [-0.3, -0.25) is 4.79 Å². The van der Waals surface area contributed by atoms with Crippen molar-refractivity contribution < 1.29 is 9.32 Å². The molecule has 0 spiro atoms. The van der Waals surface area contributed by atoms with Crippen molar-refractivity contribution in [2.75, 3.05) is 0 Å². The lowest BCUT2D eigenvalue weighted by Gasteiger charge is -2.28. The first kappa shape index (κ1) is 15.4. The van der Waals surface area contributed by atoms with E-state index in [4.69, 9.17) is 4.52 Å². The molecule has 0 aliphatic rings. The summed E-state index contributed by atoms with van der Waals surface area (Å²) in [6, 6.07) is 10.2. The van der Waals surface area contributed by atoms with Crippen molar-refractivity contribution in [3.8, 4) is 0 Å². The lowest BCUT2D eigenvalue weighted by molar-refractivity contribution is -0.118. The van der Waals surface area contributed by atoms with Crippen LogP contribution in [0, 0.1) is 0 Å². The van der Waals surface area contributed by atoms with Gasteiger partial charge in [-0.2, -0.15) is 4.98 Å². The molecule has 0 atom stereocenters. The minimum absolute atomic E-state index is 0.114. The predicted molar refractivity (Wildman–Crippen MR) is 81.1 cm³/mol. The lowest BCUT2D eigenvalue weighted by atomic mass is 9.75. The van der Waals surface area contributed by atoms with Gasteiger partial charge in [-0.15, -0.1) is 0 Å². The SMILES string of the molecule is CCC(=O)Cc1nc(C(CC)(CC)c2ccccc2)no1. The van der Waals surface area contributed by atoms with Crippen LogP contribution in [0.1, 0.15) is 57.3 Å². The summed E-state index contributed by atoms with van der Waals surface area (Å²) in [6.45, 7) is 6.10. The Morgan fingerprint density at radius 2 is 1.81 bits per heavy atom. The quantitative estimate of drug-likeness (QED) is 0.778. The summed E-state index contributed by atoms with van der Waals surface area (Å²) in [5.74, 6) is 1.21. The molecular weight excluding hydrogens is 264 g/mol. The van der Waals surface area contributed by atoms with E-state index in [1.54, 1.807) is 0 Å². The smallest absolute Gasteiger partial charge is 0.234 e. The standard InChI is InChI=1S/C17H22N2O2/c1-4-14(20)12-15-18-16(19-21-15)17(5-2,6-3)13-10-8-7-9-11-13/h7-11H,4-6,12H2,1-3H3. The van der Waals surface area contributed by atoms with Gasteiger partial charge in [0.05, 0.1) is 11.8 Å². The van der Waals surface area contributed by atoms with Crippen LogP contribution in [0.4, 0.5) is 0 Å². The molecule has 0 radical (unpaired) electrons. The van der Waals surface area contributed by atoms with E-state index < -0.39 is 0 Å². The highest BCUT2D eigenvalue weighted by molar-refractivity contribution is 5.79. The topological polar surface area (TPSA) is 56.0 Å². The lowest BCUT2D eigenvalue weighted by Crippen LogP contribution is -2.27. The maximum atomic E-state index is 11.5. The third-order valence-corrected chi connectivity index (χ3v) is 4.17. The van der Waals surface area contributed by atoms with Crippen molar-refractivity contribution in [3.05, 3.63) is 47.6 Å². The summed E-state index contributed by atoms with van der Waals surface area (Å²) >= 11 is 0. The van der Waals surface area contributed by atoms with Gasteiger partial charge < -0.3 is 4.52 Å². The van der Waals surface area contributed by atoms with Gasteiger partial charge in [-0.05, 0) is 18.4 Å². The van der Waals surface area contributed by atoms with Crippen molar-refractivity contribution in [2.24, 2.45) is 0 Å². The van der Waals surface area contributed by atoms with Gasteiger partial charge in [-0.25, -0.2) is 0 Å². The molecule has 0 fully saturated rings. The van der Waals surface area contributed by atoms with Gasteiger partial charge >= 0.3 is 0 Å². The third kappa shape index (κ3) is 3.04. The highest BCUT2D eigenvalue weighted by Gasteiger charge is 2.35. The molecule has 2 rings (SSSR count). The second-order valence-electron chi connectivity index (χ2n) is 5.24. The summed E-state index contributed by atoms with van der Waals surface area (Å²) in [6.07, 6.45) is 2.48. The van der Waals surface area contributed by atoms with Gasteiger partial charge in [0.2, 0.25) is 5.89 Å². The van der Waals surface area contributed by atoms with Crippen LogP contribution in [-0.2, 0) is 16.6 Å². The maximum Gasteiger partial charge on any atom is 0.234 e. The zero-order chi connectivity index (χ0) is 15.3. The highest BCUT2D eigenvalue weighted by atomic mass is 16.5. The number of carbonyl (C=O) groups is 1. The van der Waals surface area contributed by atoms with E-state index in [1.807, 2.05) is 25.1 Å². The number of aromatic nitrogens is 2. The minimum Gasteiger partial charge on any atom is -0.339 e. The molecule has 0 saturated carbocycles. The van der Waals surface area contributed by atoms with E-state index >= 15 is 0 Å². The van der Waals surface area contributed by atoms with E-state index in [0.29, 0.717) is 18.1 Å². The van der Waals surface area contributed by atoms with Gasteiger partial charge in [0.1, 0.15) is 5.78 Å². The molecule has 0 bridgehead atoms. The van der Waals surface area contributed by atoms with Gasteiger partial charge in [0, 0.05) is 6.42 Å². The Morgan fingerprint density at radius 1 is 1.14 bits per heavy atom. The molecule has 0 N–H and O–H groups in total. The highest BCUT2D eigenvalue weighted by Crippen LogP contribution is 2.36. The number of benzene rings is 1. The van der Waals surface area contributed by atoms with Gasteiger partial charge in [-0.1, -0.05) is 56.3 Å². The largest absolute Gasteiger partial charge is 0.339 e. The Balaban J connectivity index is 2.37. The molecule has 0 aliphatic heterocycles. The minimum atomic E-state index is -0.252. The summed E-state index contributed by atoms with van der Waals surface area (Å²) in [5.41, 5.74) is 0.933. The predicted octanol–water partition coefficient (Wildman–Crippen LogP) is 3.70. The molecule has 0 aliphatic carbocycles. The molecule has 112 valence electrons. The van der Waals surface area contributed by atoms with Crippen LogP contribution < -0.4 is 0 Å². The Kier molecular flexibility index (Phi) is 4.89. The van der Waals surface area contributed by atoms with E-state index in [9.17, 15) is 4.79 Å². The number of hydrogen-bond donors (Lipinski definition) is 0. The number of rotatable bonds is 7. The fraction of sp³-hybridized carbons (Fsp3) is 0.471. The molecule has 1 aromatic heterocycles. The molecule has 4 heteroatoms. The Labute approximate surface area is 125 Å². The van der Waals surface area contributed by atoms with Crippen molar-refractivity contribution in [1.29, 1.82) is 0 Å². The molecule has 2 aromatic rings. The van der Waals surface area contributed by atoms with Crippen molar-refractivity contribution in [1.82, 2.24) is 10.1 Å². The first-order chi connectivity index (χ1) is 10.2. The zero-order valence-corrected chi connectivity index (χ0v) is 12.9. The van der Waals surface area contributed by atoms with Crippen molar-refractivity contribution in [2.45, 2.75) is 51.9 Å². The van der Waals surface area contributed by atoms with Crippen LogP contribution in [-0.4, -0.2) is 15.9 Å². The van der Waals surface area contributed by atoms with Crippen LogP contribution in [0.5, 0.6) is 0 Å². The second-order valence-corrected chi connectivity index (χ2v) is 5.24. The summed E-state index contributed by atoms with van der Waals surface area (Å²) in [7, 11) is 0. The van der Waals surface area contributed by atoms with Gasteiger partial charge in [0.15, 0.2) is 5.82 Å². The zero-order valence-electron chi connectivity index (χ0n) is 12.9.